The summed E-state index contributed by atoms with van der Waals surface area (Å²) in [6, 6.07) is 8.92. The molecule has 4 nitrogen and oxygen atoms in total. The Morgan fingerprint density at radius 3 is 2.45 bits per heavy atom. The molecule has 1 aromatic carbocycles. The second-order valence-electron chi connectivity index (χ2n) is 5.81. The molecule has 112 valence electrons. The first-order valence-corrected chi connectivity index (χ1v) is 7.41. The zero-order chi connectivity index (χ0) is 14.5. The Morgan fingerprint density at radius 2 is 1.95 bits per heavy atom. The van der Waals surface area contributed by atoms with Crippen molar-refractivity contribution >= 4 is 5.69 Å². The lowest BCUT2D eigenvalue weighted by atomic mass is 10.0. The van der Waals surface area contributed by atoms with Crippen molar-refractivity contribution in [3.63, 3.8) is 0 Å². The number of rotatable bonds is 6. The molecule has 1 saturated heterocycles. The smallest absolute Gasteiger partial charge is 0.0702 e. The first-order chi connectivity index (χ1) is 9.61. The van der Waals surface area contributed by atoms with Crippen molar-refractivity contribution in [3.05, 3.63) is 29.8 Å². The summed E-state index contributed by atoms with van der Waals surface area (Å²) in [5.41, 5.74) is 8.48. The highest BCUT2D eigenvalue weighted by Crippen LogP contribution is 2.23. The van der Waals surface area contributed by atoms with Crippen LogP contribution in [0, 0.1) is 0 Å². The molecule has 1 aromatic rings. The molecule has 4 heteroatoms. The maximum absolute atomic E-state index is 5.98. The maximum Gasteiger partial charge on any atom is 0.0702 e. The molecule has 0 bridgehead atoms. The standard InChI is InChI=1S/C16H27N3O/c1-18(2)14-8-6-13(7-9-14)16(11-17)19(3)12-15-5-4-10-20-15/h6-9,15-16H,4-5,10-12,17H2,1-3H3. The summed E-state index contributed by atoms with van der Waals surface area (Å²) in [6.07, 6.45) is 2.72. The molecule has 0 aromatic heterocycles. The van der Waals surface area contributed by atoms with Gasteiger partial charge in [-0.1, -0.05) is 12.1 Å². The summed E-state index contributed by atoms with van der Waals surface area (Å²) >= 11 is 0. The van der Waals surface area contributed by atoms with E-state index in [0.717, 1.165) is 13.2 Å². The van der Waals surface area contributed by atoms with Crippen LogP contribution >= 0.6 is 0 Å². The van der Waals surface area contributed by atoms with Crippen molar-refractivity contribution in [1.29, 1.82) is 0 Å². The molecule has 20 heavy (non-hydrogen) atoms. The van der Waals surface area contributed by atoms with E-state index in [-0.39, 0.29) is 6.04 Å². The highest BCUT2D eigenvalue weighted by molar-refractivity contribution is 5.46. The third-order valence-corrected chi connectivity index (χ3v) is 4.07. The number of hydrogen-bond donors (Lipinski definition) is 1. The van der Waals surface area contributed by atoms with E-state index in [0.29, 0.717) is 12.6 Å². The second-order valence-corrected chi connectivity index (χ2v) is 5.81. The van der Waals surface area contributed by atoms with Gasteiger partial charge in [0.15, 0.2) is 0 Å². The van der Waals surface area contributed by atoms with Crippen molar-refractivity contribution in [3.8, 4) is 0 Å². The van der Waals surface area contributed by atoms with Gasteiger partial charge in [-0.05, 0) is 37.6 Å². The first kappa shape index (κ1) is 15.3. The van der Waals surface area contributed by atoms with Crippen molar-refractivity contribution in [2.24, 2.45) is 5.73 Å². The van der Waals surface area contributed by atoms with Crippen LogP contribution in [0.15, 0.2) is 24.3 Å². The molecule has 0 radical (unpaired) electrons. The fraction of sp³-hybridized carbons (Fsp3) is 0.625. The molecule has 0 saturated carbocycles. The van der Waals surface area contributed by atoms with Crippen molar-refractivity contribution in [2.45, 2.75) is 25.0 Å². The van der Waals surface area contributed by atoms with Crippen molar-refractivity contribution in [2.75, 3.05) is 45.7 Å². The van der Waals surface area contributed by atoms with Gasteiger partial charge < -0.3 is 15.4 Å². The second kappa shape index (κ2) is 7.07. The van der Waals surface area contributed by atoms with E-state index in [4.69, 9.17) is 10.5 Å². The summed E-state index contributed by atoms with van der Waals surface area (Å²) in [5, 5.41) is 0. The average molecular weight is 277 g/mol. The number of ether oxygens (including phenoxy) is 1. The van der Waals surface area contributed by atoms with Gasteiger partial charge in [0, 0.05) is 45.5 Å². The predicted octanol–water partition coefficient (Wildman–Crippen LogP) is 1.86. The van der Waals surface area contributed by atoms with Crippen LogP contribution in [0.4, 0.5) is 5.69 Å². The van der Waals surface area contributed by atoms with Gasteiger partial charge in [-0.2, -0.15) is 0 Å². The molecule has 2 N–H and O–H groups in total. The van der Waals surface area contributed by atoms with Gasteiger partial charge in [0.25, 0.3) is 0 Å². The Labute approximate surface area is 122 Å². The van der Waals surface area contributed by atoms with Crippen LogP contribution in [-0.4, -0.2) is 51.8 Å². The minimum atomic E-state index is 0.260. The number of hydrogen-bond acceptors (Lipinski definition) is 4. The van der Waals surface area contributed by atoms with E-state index in [9.17, 15) is 0 Å². The van der Waals surface area contributed by atoms with E-state index in [1.54, 1.807) is 0 Å². The number of nitrogens with two attached hydrogens (primary N) is 1. The fourth-order valence-electron chi connectivity index (χ4n) is 2.80. The number of benzene rings is 1. The van der Waals surface area contributed by atoms with Crippen LogP contribution in [0.25, 0.3) is 0 Å². The van der Waals surface area contributed by atoms with E-state index >= 15 is 0 Å². The molecule has 0 amide bonds. The normalized spacial score (nSPS) is 20.4. The van der Waals surface area contributed by atoms with Gasteiger partial charge in [-0.15, -0.1) is 0 Å². The minimum Gasteiger partial charge on any atom is -0.378 e. The van der Waals surface area contributed by atoms with Gasteiger partial charge in [-0.3, -0.25) is 4.90 Å². The summed E-state index contributed by atoms with van der Waals surface area (Å²) in [6.45, 7) is 2.49. The highest BCUT2D eigenvalue weighted by atomic mass is 16.5. The molecule has 0 aliphatic carbocycles. The van der Waals surface area contributed by atoms with Crippen LogP contribution in [0.5, 0.6) is 0 Å². The SMILES string of the molecule is CN(C)c1ccc(C(CN)N(C)CC2CCCO2)cc1. The maximum atomic E-state index is 5.98. The van der Waals surface area contributed by atoms with Gasteiger partial charge in [-0.25, -0.2) is 0 Å². The summed E-state index contributed by atoms with van der Waals surface area (Å²) in [4.78, 5) is 4.43. The third kappa shape index (κ3) is 3.72. The zero-order valence-corrected chi connectivity index (χ0v) is 12.9. The molecule has 1 aliphatic rings. The molecule has 2 atom stereocenters. The van der Waals surface area contributed by atoms with Crippen LogP contribution in [0.3, 0.4) is 0 Å². The Balaban J connectivity index is 2.02. The molecule has 1 fully saturated rings. The zero-order valence-electron chi connectivity index (χ0n) is 12.9. The topological polar surface area (TPSA) is 41.7 Å². The number of likely N-dealkylation sites (N-methyl/N-ethyl adjacent to an activating group) is 1. The molecular weight excluding hydrogens is 250 g/mol. The summed E-state index contributed by atoms with van der Waals surface area (Å²) in [7, 11) is 6.25. The van der Waals surface area contributed by atoms with Crippen molar-refractivity contribution < 1.29 is 4.74 Å². The van der Waals surface area contributed by atoms with Gasteiger partial charge >= 0.3 is 0 Å². The van der Waals surface area contributed by atoms with Crippen LogP contribution in [0.2, 0.25) is 0 Å². The third-order valence-electron chi connectivity index (χ3n) is 4.07. The Morgan fingerprint density at radius 1 is 1.25 bits per heavy atom. The Bertz CT molecular complexity index is 399. The monoisotopic (exact) mass is 277 g/mol. The highest BCUT2D eigenvalue weighted by Gasteiger charge is 2.22. The van der Waals surface area contributed by atoms with Crippen LogP contribution < -0.4 is 10.6 Å². The first-order valence-electron chi connectivity index (χ1n) is 7.41. The molecule has 1 heterocycles. The number of anilines is 1. The van der Waals surface area contributed by atoms with E-state index in [2.05, 4.69) is 55.2 Å². The molecule has 0 spiro atoms. The Kier molecular flexibility index (Phi) is 5.40. The average Bonchev–Trinajstić information content (AvgIpc) is 2.93. The van der Waals surface area contributed by atoms with Crippen LogP contribution in [-0.2, 0) is 4.74 Å². The molecule has 1 aliphatic heterocycles. The Hall–Kier alpha value is -1.10. The molecule has 2 unspecified atom stereocenters. The predicted molar refractivity (Wildman–Crippen MR) is 84.2 cm³/mol. The van der Waals surface area contributed by atoms with E-state index in [1.807, 2.05) is 0 Å². The summed E-state index contributed by atoms with van der Waals surface area (Å²) < 4.78 is 5.72. The van der Waals surface area contributed by atoms with E-state index in [1.165, 1.54) is 24.1 Å². The van der Waals surface area contributed by atoms with Gasteiger partial charge in [0.1, 0.15) is 0 Å². The number of nitrogens with zero attached hydrogens (tertiary/aromatic N) is 2. The van der Waals surface area contributed by atoms with Gasteiger partial charge in [0.2, 0.25) is 0 Å². The lowest BCUT2D eigenvalue weighted by Gasteiger charge is -2.29. The summed E-state index contributed by atoms with van der Waals surface area (Å²) in [5.74, 6) is 0. The van der Waals surface area contributed by atoms with Gasteiger partial charge in [0.05, 0.1) is 6.10 Å². The van der Waals surface area contributed by atoms with E-state index < -0.39 is 0 Å². The van der Waals surface area contributed by atoms with Crippen LogP contribution in [0.1, 0.15) is 24.4 Å². The quantitative estimate of drug-likeness (QED) is 0.862. The fourth-order valence-corrected chi connectivity index (χ4v) is 2.80. The lowest BCUT2D eigenvalue weighted by Crippen LogP contribution is -2.36. The minimum absolute atomic E-state index is 0.260. The molecule has 2 rings (SSSR count). The van der Waals surface area contributed by atoms with Crippen molar-refractivity contribution in [1.82, 2.24) is 4.90 Å². The lowest BCUT2D eigenvalue weighted by molar-refractivity contribution is 0.0689. The molecular formula is C16H27N3O. The largest absolute Gasteiger partial charge is 0.378 e.